The second kappa shape index (κ2) is 7.48. The Morgan fingerprint density at radius 3 is 2.81 bits per heavy atom. The highest BCUT2D eigenvalue weighted by Gasteiger charge is 2.29. The summed E-state index contributed by atoms with van der Waals surface area (Å²) in [5, 5.41) is 7.43. The van der Waals surface area contributed by atoms with E-state index >= 15 is 0 Å². The van der Waals surface area contributed by atoms with Gasteiger partial charge in [0.15, 0.2) is 5.13 Å². The summed E-state index contributed by atoms with van der Waals surface area (Å²) in [5.74, 6) is -0.268. The quantitative estimate of drug-likeness (QED) is 0.745. The van der Waals surface area contributed by atoms with Gasteiger partial charge in [-0.2, -0.15) is 0 Å². The predicted molar refractivity (Wildman–Crippen MR) is 108 cm³/mol. The highest BCUT2D eigenvalue weighted by Crippen LogP contribution is 2.25. The Kier molecular flexibility index (Phi) is 4.90. The molecule has 0 radical (unpaired) electrons. The number of aromatic nitrogens is 1. The van der Waals surface area contributed by atoms with E-state index in [-0.39, 0.29) is 17.7 Å². The highest BCUT2D eigenvalue weighted by atomic mass is 32.1. The molecule has 1 saturated heterocycles. The molecule has 1 aromatic heterocycles. The summed E-state index contributed by atoms with van der Waals surface area (Å²) in [7, 11) is 0. The Labute approximate surface area is 162 Å². The van der Waals surface area contributed by atoms with Gasteiger partial charge in [-0.3, -0.25) is 9.59 Å². The SMILES string of the molecule is Cc1csc(NC(=O)C2CCCN(C(=O)c3cccc4ccccc34)C2)n1. The summed E-state index contributed by atoms with van der Waals surface area (Å²) in [6, 6.07) is 13.7. The molecule has 1 atom stereocenters. The summed E-state index contributed by atoms with van der Waals surface area (Å²) >= 11 is 1.42. The standard InChI is InChI=1S/C21H21N3O2S/c1-14-13-27-21(22-14)23-19(25)16-8-5-11-24(12-16)20(26)18-10-4-7-15-6-2-3-9-17(15)18/h2-4,6-7,9-10,13,16H,5,8,11-12H2,1H3,(H,22,23,25). The van der Waals surface area contributed by atoms with Crippen LogP contribution in [0.4, 0.5) is 5.13 Å². The molecule has 1 fully saturated rings. The van der Waals surface area contributed by atoms with Gasteiger partial charge < -0.3 is 10.2 Å². The first kappa shape index (κ1) is 17.7. The Hall–Kier alpha value is -2.73. The lowest BCUT2D eigenvalue weighted by atomic mass is 9.95. The maximum atomic E-state index is 13.1. The largest absolute Gasteiger partial charge is 0.338 e. The third-order valence-electron chi connectivity index (χ3n) is 4.95. The van der Waals surface area contributed by atoms with Crippen molar-refractivity contribution in [2.24, 2.45) is 5.92 Å². The number of piperidine rings is 1. The van der Waals surface area contributed by atoms with Crippen molar-refractivity contribution in [1.29, 1.82) is 0 Å². The molecule has 2 aromatic carbocycles. The third kappa shape index (κ3) is 3.71. The second-order valence-electron chi connectivity index (χ2n) is 6.90. The zero-order valence-electron chi connectivity index (χ0n) is 15.1. The van der Waals surface area contributed by atoms with Crippen LogP contribution in [0, 0.1) is 12.8 Å². The van der Waals surface area contributed by atoms with Crippen LogP contribution in [0.2, 0.25) is 0 Å². The van der Waals surface area contributed by atoms with Gasteiger partial charge in [-0.05, 0) is 36.6 Å². The van der Waals surface area contributed by atoms with E-state index in [4.69, 9.17) is 0 Å². The molecule has 0 spiro atoms. The average molecular weight is 379 g/mol. The first-order chi connectivity index (χ1) is 13.1. The number of nitrogens with zero attached hydrogens (tertiary/aromatic N) is 2. The van der Waals surface area contributed by atoms with Gasteiger partial charge in [0.05, 0.1) is 11.6 Å². The summed E-state index contributed by atoms with van der Waals surface area (Å²) in [6.45, 7) is 3.03. The van der Waals surface area contributed by atoms with Crippen molar-refractivity contribution in [2.45, 2.75) is 19.8 Å². The lowest BCUT2D eigenvalue weighted by molar-refractivity contribution is -0.121. The lowest BCUT2D eigenvalue weighted by Gasteiger charge is -2.32. The van der Waals surface area contributed by atoms with Gasteiger partial charge in [0.25, 0.3) is 5.91 Å². The van der Waals surface area contributed by atoms with Gasteiger partial charge >= 0.3 is 0 Å². The number of aryl methyl sites for hydroxylation is 1. The number of thiazole rings is 1. The zero-order chi connectivity index (χ0) is 18.8. The minimum atomic E-state index is -0.207. The van der Waals surface area contributed by atoms with Crippen molar-refractivity contribution >= 4 is 39.1 Å². The minimum Gasteiger partial charge on any atom is -0.338 e. The fraction of sp³-hybridized carbons (Fsp3) is 0.286. The Bertz CT molecular complexity index is 993. The van der Waals surface area contributed by atoms with Gasteiger partial charge in [-0.15, -0.1) is 11.3 Å². The zero-order valence-corrected chi connectivity index (χ0v) is 16.0. The number of carbonyl (C=O) groups excluding carboxylic acids is 2. The molecule has 3 aromatic rings. The van der Waals surface area contributed by atoms with E-state index in [1.54, 1.807) is 0 Å². The van der Waals surface area contributed by atoms with Crippen LogP contribution in [-0.4, -0.2) is 34.8 Å². The van der Waals surface area contributed by atoms with Crippen LogP contribution in [0.25, 0.3) is 10.8 Å². The maximum absolute atomic E-state index is 13.1. The maximum Gasteiger partial charge on any atom is 0.254 e. The van der Waals surface area contributed by atoms with E-state index in [2.05, 4.69) is 10.3 Å². The van der Waals surface area contributed by atoms with Crippen molar-refractivity contribution < 1.29 is 9.59 Å². The van der Waals surface area contributed by atoms with Crippen LogP contribution in [0.1, 0.15) is 28.9 Å². The topological polar surface area (TPSA) is 62.3 Å². The molecule has 2 amide bonds. The molecule has 6 heteroatoms. The summed E-state index contributed by atoms with van der Waals surface area (Å²) in [5.41, 5.74) is 1.59. The van der Waals surface area contributed by atoms with E-state index in [1.807, 2.05) is 59.7 Å². The van der Waals surface area contributed by atoms with Gasteiger partial charge in [0.2, 0.25) is 5.91 Å². The van der Waals surface area contributed by atoms with Gasteiger partial charge in [-0.1, -0.05) is 36.4 Å². The third-order valence-corrected chi connectivity index (χ3v) is 5.82. The van der Waals surface area contributed by atoms with Crippen LogP contribution in [0.3, 0.4) is 0 Å². The molecule has 1 aliphatic heterocycles. The number of likely N-dealkylation sites (tertiary alicyclic amines) is 1. The molecular weight excluding hydrogens is 358 g/mol. The molecule has 1 aliphatic rings. The number of rotatable bonds is 3. The summed E-state index contributed by atoms with van der Waals surface area (Å²) in [4.78, 5) is 31.8. The number of hydrogen-bond acceptors (Lipinski definition) is 4. The Balaban J connectivity index is 1.50. The first-order valence-electron chi connectivity index (χ1n) is 9.12. The molecule has 1 unspecified atom stereocenters. The number of fused-ring (bicyclic) bond motifs is 1. The number of hydrogen-bond donors (Lipinski definition) is 1. The first-order valence-corrected chi connectivity index (χ1v) is 10.00. The van der Waals surface area contributed by atoms with Crippen molar-refractivity contribution in [1.82, 2.24) is 9.88 Å². The van der Waals surface area contributed by atoms with Gasteiger partial charge in [-0.25, -0.2) is 4.98 Å². The van der Waals surface area contributed by atoms with Crippen molar-refractivity contribution in [3.05, 3.63) is 59.1 Å². The van der Waals surface area contributed by atoms with E-state index in [9.17, 15) is 9.59 Å². The molecule has 27 heavy (non-hydrogen) atoms. The number of benzene rings is 2. The molecule has 138 valence electrons. The summed E-state index contributed by atoms with van der Waals surface area (Å²) < 4.78 is 0. The predicted octanol–water partition coefficient (Wildman–Crippen LogP) is 4.10. The van der Waals surface area contributed by atoms with Crippen LogP contribution < -0.4 is 5.32 Å². The number of carbonyl (C=O) groups is 2. The normalized spacial score (nSPS) is 17.1. The smallest absolute Gasteiger partial charge is 0.254 e. The van der Waals surface area contributed by atoms with E-state index in [0.29, 0.717) is 23.8 Å². The van der Waals surface area contributed by atoms with Crippen molar-refractivity contribution in [3.8, 4) is 0 Å². The highest BCUT2D eigenvalue weighted by molar-refractivity contribution is 7.13. The Morgan fingerprint density at radius 2 is 2.00 bits per heavy atom. The van der Waals surface area contributed by atoms with E-state index in [0.717, 1.165) is 29.3 Å². The molecular formula is C21H21N3O2S. The van der Waals surface area contributed by atoms with Crippen LogP contribution in [0.15, 0.2) is 47.8 Å². The second-order valence-corrected chi connectivity index (χ2v) is 7.76. The van der Waals surface area contributed by atoms with Crippen LogP contribution in [-0.2, 0) is 4.79 Å². The summed E-state index contributed by atoms with van der Waals surface area (Å²) in [6.07, 6.45) is 1.61. The fourth-order valence-corrected chi connectivity index (χ4v) is 4.27. The molecule has 1 N–H and O–H groups in total. The molecule has 0 aliphatic carbocycles. The van der Waals surface area contributed by atoms with Crippen LogP contribution in [0.5, 0.6) is 0 Å². The van der Waals surface area contributed by atoms with Crippen molar-refractivity contribution in [2.75, 3.05) is 18.4 Å². The average Bonchev–Trinajstić information content (AvgIpc) is 3.11. The van der Waals surface area contributed by atoms with E-state index in [1.165, 1.54) is 11.3 Å². The molecule has 2 heterocycles. The van der Waals surface area contributed by atoms with Crippen LogP contribution >= 0.6 is 11.3 Å². The van der Waals surface area contributed by atoms with Gasteiger partial charge in [0.1, 0.15) is 0 Å². The number of anilines is 1. The fourth-order valence-electron chi connectivity index (χ4n) is 3.58. The molecule has 0 saturated carbocycles. The molecule has 4 rings (SSSR count). The molecule has 0 bridgehead atoms. The monoisotopic (exact) mass is 379 g/mol. The number of amides is 2. The number of nitrogens with one attached hydrogen (secondary N) is 1. The Morgan fingerprint density at radius 1 is 1.19 bits per heavy atom. The van der Waals surface area contributed by atoms with E-state index < -0.39 is 0 Å². The molecule has 5 nitrogen and oxygen atoms in total. The van der Waals surface area contributed by atoms with Crippen molar-refractivity contribution in [3.63, 3.8) is 0 Å². The van der Waals surface area contributed by atoms with Gasteiger partial charge in [0, 0.05) is 24.0 Å². The minimum absolute atomic E-state index is 0.00519. The lowest BCUT2D eigenvalue weighted by Crippen LogP contribution is -2.43.